The fourth-order valence-electron chi connectivity index (χ4n) is 3.15. The molecule has 0 heterocycles. The summed E-state index contributed by atoms with van der Waals surface area (Å²) in [5, 5.41) is 3.64. The van der Waals surface area contributed by atoms with Crippen LogP contribution >= 0.6 is 46.4 Å². The molecule has 2 aromatic rings. The second-order valence-electron chi connectivity index (χ2n) is 7.80. The Hall–Kier alpha value is -1.99. The smallest absolute Gasteiger partial charge is 0.321 e. The van der Waals surface area contributed by atoms with E-state index in [0.29, 0.717) is 47.8 Å². The first kappa shape index (κ1) is 30.2. The Bertz CT molecular complexity index is 959. The first-order valence-electron chi connectivity index (χ1n) is 11.9. The summed E-state index contributed by atoms with van der Waals surface area (Å²) in [4.78, 5) is 14.2. The van der Waals surface area contributed by atoms with E-state index < -0.39 is 0 Å². The average Bonchev–Trinajstić information content (AvgIpc) is 2.84. The van der Waals surface area contributed by atoms with Crippen LogP contribution in [0.5, 0.6) is 17.2 Å². The van der Waals surface area contributed by atoms with Gasteiger partial charge in [0, 0.05) is 30.9 Å². The number of hydrogen-bond acceptors (Lipinski definition) is 4. The summed E-state index contributed by atoms with van der Waals surface area (Å²) in [7, 11) is 0. The number of nitrogens with zero attached hydrogens (tertiary/aromatic N) is 1. The van der Waals surface area contributed by atoms with Gasteiger partial charge in [0.2, 0.25) is 0 Å². The number of ether oxygens (including phenoxy) is 3. The van der Waals surface area contributed by atoms with Crippen molar-refractivity contribution < 1.29 is 19.0 Å². The number of rotatable bonds is 15. The lowest BCUT2D eigenvalue weighted by Crippen LogP contribution is -2.40. The van der Waals surface area contributed by atoms with Gasteiger partial charge in [0.1, 0.15) is 22.6 Å². The number of unbranched alkanes of at least 4 members (excludes halogenated alkanes) is 1. The molecule has 0 spiro atoms. The number of hydrogen-bond donors (Lipinski definition) is 1. The Morgan fingerprint density at radius 2 is 1.56 bits per heavy atom. The van der Waals surface area contributed by atoms with Gasteiger partial charge in [-0.3, -0.25) is 4.90 Å². The monoisotopic (exact) mass is 576 g/mol. The van der Waals surface area contributed by atoms with E-state index in [1.54, 1.807) is 17.0 Å². The van der Waals surface area contributed by atoms with Gasteiger partial charge < -0.3 is 19.5 Å². The summed E-state index contributed by atoms with van der Waals surface area (Å²) in [5.74, 6) is 1.65. The Balaban J connectivity index is 1.76. The summed E-state index contributed by atoms with van der Waals surface area (Å²) < 4.78 is 17.2. The van der Waals surface area contributed by atoms with E-state index >= 15 is 0 Å². The van der Waals surface area contributed by atoms with Gasteiger partial charge in [-0.2, -0.15) is 0 Å². The van der Waals surface area contributed by atoms with Gasteiger partial charge in [0.05, 0.1) is 23.3 Å². The van der Waals surface area contributed by atoms with Crippen molar-refractivity contribution in [2.45, 2.75) is 39.5 Å². The second-order valence-corrected chi connectivity index (χ2v) is 9.62. The maximum Gasteiger partial charge on any atom is 0.321 e. The molecular formula is C26H32Cl4N2O4. The van der Waals surface area contributed by atoms with Crippen molar-refractivity contribution in [1.29, 1.82) is 0 Å². The summed E-state index contributed by atoms with van der Waals surface area (Å²) in [6.45, 7) is 6.55. The molecule has 0 aliphatic carbocycles. The largest absolute Gasteiger partial charge is 0.494 e. The second kappa shape index (κ2) is 16.7. The summed E-state index contributed by atoms with van der Waals surface area (Å²) in [5.41, 5.74) is 0.843. The molecule has 36 heavy (non-hydrogen) atoms. The molecule has 0 saturated carbocycles. The molecule has 2 amide bonds. The van der Waals surface area contributed by atoms with Crippen LogP contribution in [0.25, 0.3) is 0 Å². The fraction of sp³-hybridized carbons (Fsp3) is 0.423. The minimum absolute atomic E-state index is 0.0804. The zero-order valence-corrected chi connectivity index (χ0v) is 23.5. The van der Waals surface area contributed by atoms with Gasteiger partial charge in [0.25, 0.3) is 0 Å². The lowest BCUT2D eigenvalue weighted by Gasteiger charge is -2.23. The predicted octanol–water partition coefficient (Wildman–Crippen LogP) is 8.27. The van der Waals surface area contributed by atoms with E-state index in [1.165, 1.54) is 6.08 Å². The minimum atomic E-state index is -0.0804. The number of benzene rings is 2. The lowest BCUT2D eigenvalue weighted by atomic mass is 10.2. The number of halogens is 4. The topological polar surface area (TPSA) is 60.0 Å². The van der Waals surface area contributed by atoms with Crippen LogP contribution in [0.2, 0.25) is 10.0 Å². The summed E-state index contributed by atoms with van der Waals surface area (Å²) in [6, 6.07) is 10.7. The SMILES string of the molecule is CCCNC(=O)N(CCC)c1ccc(OCCCCOc2c(Cl)cc(OCC=C(Cl)Cl)cc2Cl)cc1. The fourth-order valence-corrected chi connectivity index (χ4v) is 3.85. The number of urea groups is 1. The van der Waals surface area contributed by atoms with Gasteiger partial charge in [-0.15, -0.1) is 0 Å². The van der Waals surface area contributed by atoms with E-state index in [-0.39, 0.29) is 17.1 Å². The van der Waals surface area contributed by atoms with E-state index in [9.17, 15) is 4.79 Å². The Morgan fingerprint density at radius 1 is 0.917 bits per heavy atom. The Kier molecular flexibility index (Phi) is 14.0. The molecule has 2 aromatic carbocycles. The molecule has 1 N–H and O–H groups in total. The highest BCUT2D eigenvalue weighted by atomic mass is 35.5. The predicted molar refractivity (Wildman–Crippen MR) is 150 cm³/mol. The molecule has 10 heteroatoms. The normalized spacial score (nSPS) is 10.5. The van der Waals surface area contributed by atoms with Crippen molar-refractivity contribution in [3.05, 3.63) is 57.0 Å². The molecule has 2 rings (SSSR count). The molecule has 0 unspecified atom stereocenters. The first-order valence-corrected chi connectivity index (χ1v) is 13.4. The van der Waals surface area contributed by atoms with Gasteiger partial charge in [-0.05, 0) is 56.0 Å². The highest BCUT2D eigenvalue weighted by Crippen LogP contribution is 2.37. The molecule has 0 bridgehead atoms. The molecular weight excluding hydrogens is 546 g/mol. The molecule has 0 saturated heterocycles. The molecule has 0 fully saturated rings. The Morgan fingerprint density at radius 3 is 2.14 bits per heavy atom. The number of carbonyl (C=O) groups excluding carboxylic acids is 1. The van der Waals surface area contributed by atoms with E-state index in [2.05, 4.69) is 5.32 Å². The molecule has 6 nitrogen and oxygen atoms in total. The van der Waals surface area contributed by atoms with Crippen LogP contribution in [0.1, 0.15) is 39.5 Å². The van der Waals surface area contributed by atoms with Crippen molar-refractivity contribution in [3.63, 3.8) is 0 Å². The maximum absolute atomic E-state index is 12.4. The number of carbonyl (C=O) groups is 1. The summed E-state index contributed by atoms with van der Waals surface area (Å²) in [6.07, 6.45) is 4.82. The van der Waals surface area contributed by atoms with Crippen molar-refractivity contribution >= 4 is 58.1 Å². The van der Waals surface area contributed by atoms with Crippen LogP contribution in [0.3, 0.4) is 0 Å². The van der Waals surface area contributed by atoms with Crippen LogP contribution in [0.4, 0.5) is 10.5 Å². The third kappa shape index (κ3) is 10.6. The van der Waals surface area contributed by atoms with Crippen LogP contribution in [0, 0.1) is 0 Å². The highest BCUT2D eigenvalue weighted by molar-refractivity contribution is 6.55. The highest BCUT2D eigenvalue weighted by Gasteiger charge is 2.14. The quantitative estimate of drug-likeness (QED) is 0.216. The van der Waals surface area contributed by atoms with Crippen LogP contribution in [0.15, 0.2) is 47.0 Å². The third-order valence-electron chi connectivity index (χ3n) is 4.88. The van der Waals surface area contributed by atoms with Gasteiger partial charge in [0.15, 0.2) is 5.75 Å². The standard InChI is InChI=1S/C26H32Cl4N2O4/c1-3-12-31-26(33)32(13-4-2)19-7-9-20(10-8-19)34-14-5-6-15-36-25-22(27)17-21(18-23(25)28)35-16-11-24(29)30/h7-11,17-18H,3-6,12-16H2,1-2H3,(H,31,33). The van der Waals surface area contributed by atoms with E-state index in [1.807, 2.05) is 38.1 Å². The molecule has 198 valence electrons. The number of amides is 2. The molecule has 0 aromatic heterocycles. The van der Waals surface area contributed by atoms with Crippen molar-refractivity contribution in [2.75, 3.05) is 37.8 Å². The lowest BCUT2D eigenvalue weighted by molar-refractivity contribution is 0.246. The number of anilines is 1. The molecule has 0 atom stereocenters. The zero-order valence-electron chi connectivity index (χ0n) is 20.5. The average molecular weight is 578 g/mol. The van der Waals surface area contributed by atoms with E-state index in [0.717, 1.165) is 37.1 Å². The van der Waals surface area contributed by atoms with Gasteiger partial charge in [-0.25, -0.2) is 4.79 Å². The third-order valence-corrected chi connectivity index (χ3v) is 5.75. The van der Waals surface area contributed by atoms with Gasteiger partial charge >= 0.3 is 6.03 Å². The van der Waals surface area contributed by atoms with Crippen molar-refractivity contribution in [3.8, 4) is 17.2 Å². The van der Waals surface area contributed by atoms with Crippen molar-refractivity contribution in [1.82, 2.24) is 5.32 Å². The van der Waals surface area contributed by atoms with Gasteiger partial charge in [-0.1, -0.05) is 60.3 Å². The maximum atomic E-state index is 12.4. The molecule has 0 aliphatic rings. The van der Waals surface area contributed by atoms with Crippen LogP contribution in [-0.4, -0.2) is 38.9 Å². The first-order chi connectivity index (χ1) is 17.3. The zero-order chi connectivity index (χ0) is 26.3. The molecule has 0 radical (unpaired) electrons. The Labute approximate surface area is 233 Å². The molecule has 0 aliphatic heterocycles. The van der Waals surface area contributed by atoms with Crippen LogP contribution < -0.4 is 24.4 Å². The van der Waals surface area contributed by atoms with Crippen LogP contribution in [-0.2, 0) is 0 Å². The number of nitrogens with one attached hydrogen (secondary N) is 1. The van der Waals surface area contributed by atoms with Crippen molar-refractivity contribution in [2.24, 2.45) is 0 Å². The van der Waals surface area contributed by atoms with E-state index in [4.69, 9.17) is 60.6 Å². The summed E-state index contributed by atoms with van der Waals surface area (Å²) >= 11 is 23.7. The minimum Gasteiger partial charge on any atom is -0.494 e.